The highest BCUT2D eigenvalue weighted by Gasteiger charge is 2.44. The molecule has 0 saturated carbocycles. The Labute approximate surface area is 447 Å². The van der Waals surface area contributed by atoms with Crippen LogP contribution in [0.2, 0.25) is 0 Å². The molecule has 0 aromatic carbocycles. The maximum absolute atomic E-state index is 13.0. The van der Waals surface area contributed by atoms with E-state index in [9.17, 15) is 30.3 Å². The lowest BCUT2D eigenvalue weighted by molar-refractivity contribution is -0.302. The lowest BCUT2D eigenvalue weighted by atomic mass is 9.99. The zero-order valence-electron chi connectivity index (χ0n) is 46.6. The molecule has 1 heterocycles. The SMILES string of the molecule is CC/C=C\C/C=C\C/C=C\C/C=C\C/C=C\CCCCCCCCCCCCCCCCCCCCCCCC(=O)NC(COC1OC(CO)C(O)C(O)C1O)C(O)/C=C/CC/C=C/CC/C=C/CCCCC. The summed E-state index contributed by atoms with van der Waals surface area (Å²) in [5.41, 5.74) is 0. The van der Waals surface area contributed by atoms with E-state index in [1.807, 2.05) is 6.08 Å². The summed E-state index contributed by atoms with van der Waals surface area (Å²) in [6, 6.07) is -0.830. The van der Waals surface area contributed by atoms with E-state index in [2.05, 4.69) is 104 Å². The minimum atomic E-state index is -1.58. The fourth-order valence-electron chi connectivity index (χ4n) is 8.92. The van der Waals surface area contributed by atoms with E-state index in [-0.39, 0.29) is 12.5 Å². The molecule has 420 valence electrons. The number of aliphatic hydroxyl groups excluding tert-OH is 5. The Morgan fingerprint density at radius 3 is 1.32 bits per heavy atom. The normalized spacial score (nSPS) is 19.8. The third-order valence-corrected chi connectivity index (χ3v) is 13.6. The van der Waals surface area contributed by atoms with Gasteiger partial charge in [0.1, 0.15) is 24.4 Å². The Morgan fingerprint density at radius 1 is 0.479 bits per heavy atom. The zero-order chi connectivity index (χ0) is 52.9. The van der Waals surface area contributed by atoms with Crippen molar-refractivity contribution in [2.45, 2.75) is 288 Å². The summed E-state index contributed by atoms with van der Waals surface area (Å²) in [6.45, 7) is 3.61. The summed E-state index contributed by atoms with van der Waals surface area (Å²) >= 11 is 0. The van der Waals surface area contributed by atoms with Gasteiger partial charge >= 0.3 is 0 Å². The second-order valence-electron chi connectivity index (χ2n) is 20.4. The van der Waals surface area contributed by atoms with Gasteiger partial charge < -0.3 is 40.3 Å². The van der Waals surface area contributed by atoms with E-state index >= 15 is 0 Å². The summed E-state index contributed by atoms with van der Waals surface area (Å²) in [6.07, 6.45) is 69.3. The van der Waals surface area contributed by atoms with Gasteiger partial charge in [-0.15, -0.1) is 0 Å². The number of amides is 1. The minimum absolute atomic E-state index is 0.192. The van der Waals surface area contributed by atoms with Crippen molar-refractivity contribution < 1.29 is 39.8 Å². The van der Waals surface area contributed by atoms with E-state index in [4.69, 9.17) is 9.47 Å². The fraction of sp³-hybridized carbons (Fsp3) is 0.734. The Kier molecular flexibility index (Phi) is 49.0. The van der Waals surface area contributed by atoms with Crippen molar-refractivity contribution >= 4 is 5.91 Å². The molecule has 0 bridgehead atoms. The highest BCUT2D eigenvalue weighted by Crippen LogP contribution is 2.23. The predicted octanol–water partition coefficient (Wildman–Crippen LogP) is 15.2. The molecule has 0 aromatic heterocycles. The molecule has 1 fully saturated rings. The van der Waals surface area contributed by atoms with Crippen LogP contribution in [0, 0.1) is 0 Å². The first kappa shape index (κ1) is 68.1. The van der Waals surface area contributed by atoms with Gasteiger partial charge in [-0.2, -0.15) is 0 Å². The van der Waals surface area contributed by atoms with Crippen molar-refractivity contribution in [3.05, 3.63) is 97.2 Å². The number of carbonyl (C=O) groups is 1. The van der Waals surface area contributed by atoms with Crippen LogP contribution in [0.5, 0.6) is 0 Å². The maximum Gasteiger partial charge on any atom is 0.220 e. The van der Waals surface area contributed by atoms with Crippen molar-refractivity contribution in [3.8, 4) is 0 Å². The molecule has 6 N–H and O–H groups in total. The third kappa shape index (κ3) is 42.0. The van der Waals surface area contributed by atoms with E-state index in [1.165, 1.54) is 141 Å². The smallest absolute Gasteiger partial charge is 0.220 e. The van der Waals surface area contributed by atoms with Crippen LogP contribution < -0.4 is 5.32 Å². The molecule has 73 heavy (non-hydrogen) atoms. The number of hydrogen-bond donors (Lipinski definition) is 6. The summed E-state index contributed by atoms with van der Waals surface area (Å²) in [5, 5.41) is 54.4. The van der Waals surface area contributed by atoms with Gasteiger partial charge in [0.2, 0.25) is 5.91 Å². The lowest BCUT2D eigenvalue weighted by Gasteiger charge is -2.40. The molecule has 9 heteroatoms. The first-order valence-electron chi connectivity index (χ1n) is 30.0. The standard InChI is InChI=1S/C64H111NO8/c1-3-5-7-9-11-13-15-17-18-19-20-21-22-23-24-25-26-27-28-29-30-31-32-33-34-35-36-37-38-39-40-42-44-46-48-50-52-54-60(68)65-57(56-72-64-63(71)62(70)61(69)59(55-66)73-64)58(67)53-51-49-47-45-43-41-16-14-12-10-8-6-4-2/h5,7,11-14,17-18,20-21,23-24,43,45,51,53,57-59,61-64,66-67,69-71H,3-4,6,8-10,15-16,19,22,25-42,44,46-50,52,54-56H2,1-2H3,(H,65,68)/b7-5-,13-11-,14-12+,18-17-,21-20-,24-23-,45-43+,53-51+. The van der Waals surface area contributed by atoms with E-state index in [0.717, 1.165) is 83.5 Å². The van der Waals surface area contributed by atoms with Gasteiger partial charge in [0.05, 0.1) is 25.4 Å². The molecule has 1 aliphatic heterocycles. The number of nitrogens with one attached hydrogen (secondary N) is 1. The average Bonchev–Trinajstić information content (AvgIpc) is 3.39. The predicted molar refractivity (Wildman–Crippen MR) is 308 cm³/mol. The second kappa shape index (κ2) is 52.5. The van der Waals surface area contributed by atoms with Gasteiger partial charge in [-0.05, 0) is 89.9 Å². The van der Waals surface area contributed by atoms with Crippen LogP contribution >= 0.6 is 0 Å². The molecule has 7 unspecified atom stereocenters. The van der Waals surface area contributed by atoms with Crippen molar-refractivity contribution in [1.29, 1.82) is 0 Å². The number of allylic oxidation sites excluding steroid dienone is 15. The van der Waals surface area contributed by atoms with Gasteiger partial charge in [-0.3, -0.25) is 4.79 Å². The molecule has 9 nitrogen and oxygen atoms in total. The Morgan fingerprint density at radius 2 is 0.863 bits per heavy atom. The van der Waals surface area contributed by atoms with Crippen molar-refractivity contribution in [2.24, 2.45) is 0 Å². The van der Waals surface area contributed by atoms with Gasteiger partial charge in [0.25, 0.3) is 0 Å². The van der Waals surface area contributed by atoms with Gasteiger partial charge in [-0.25, -0.2) is 0 Å². The molecule has 1 rings (SSSR count). The lowest BCUT2D eigenvalue weighted by Crippen LogP contribution is -2.60. The van der Waals surface area contributed by atoms with Crippen molar-refractivity contribution in [2.75, 3.05) is 13.2 Å². The fourth-order valence-corrected chi connectivity index (χ4v) is 8.92. The van der Waals surface area contributed by atoms with E-state index in [0.29, 0.717) is 6.42 Å². The molecule has 0 aliphatic carbocycles. The summed E-state index contributed by atoms with van der Waals surface area (Å²) in [5.74, 6) is -0.192. The number of carbonyl (C=O) groups excluding carboxylic acids is 1. The molecule has 1 aliphatic rings. The molecule has 0 aromatic rings. The average molecular weight is 1020 g/mol. The quantitative estimate of drug-likeness (QED) is 0.0261. The summed E-state index contributed by atoms with van der Waals surface area (Å²) in [7, 11) is 0. The number of unbranched alkanes of at least 4 members (excludes halogenated alkanes) is 26. The molecular weight excluding hydrogens is 911 g/mol. The monoisotopic (exact) mass is 1020 g/mol. The van der Waals surface area contributed by atoms with Gasteiger partial charge in [-0.1, -0.05) is 246 Å². The second-order valence-corrected chi connectivity index (χ2v) is 20.4. The molecule has 7 atom stereocenters. The van der Waals surface area contributed by atoms with Crippen LogP contribution in [0.3, 0.4) is 0 Å². The largest absolute Gasteiger partial charge is 0.394 e. The molecule has 0 radical (unpaired) electrons. The first-order valence-corrected chi connectivity index (χ1v) is 30.0. The molecule has 1 saturated heterocycles. The Bertz CT molecular complexity index is 1460. The Hall–Kier alpha value is -2.89. The molecule has 1 amide bonds. The number of ether oxygens (including phenoxy) is 2. The van der Waals surface area contributed by atoms with Crippen molar-refractivity contribution in [1.82, 2.24) is 5.32 Å². The van der Waals surface area contributed by atoms with Crippen LogP contribution in [0.25, 0.3) is 0 Å². The molecular formula is C64H111NO8. The summed E-state index contributed by atoms with van der Waals surface area (Å²) in [4.78, 5) is 13.0. The third-order valence-electron chi connectivity index (χ3n) is 13.6. The van der Waals surface area contributed by atoms with Crippen LogP contribution in [0.15, 0.2) is 97.2 Å². The maximum atomic E-state index is 13.0. The minimum Gasteiger partial charge on any atom is -0.394 e. The van der Waals surface area contributed by atoms with E-state index < -0.39 is 49.5 Å². The number of aliphatic hydroxyl groups is 5. The number of hydrogen-bond acceptors (Lipinski definition) is 8. The van der Waals surface area contributed by atoms with Crippen LogP contribution in [0.1, 0.15) is 245 Å². The van der Waals surface area contributed by atoms with Gasteiger partial charge in [0, 0.05) is 6.42 Å². The zero-order valence-corrected chi connectivity index (χ0v) is 46.6. The highest BCUT2D eigenvalue weighted by atomic mass is 16.7. The van der Waals surface area contributed by atoms with Crippen LogP contribution in [-0.2, 0) is 14.3 Å². The van der Waals surface area contributed by atoms with Crippen LogP contribution in [0.4, 0.5) is 0 Å². The van der Waals surface area contributed by atoms with Gasteiger partial charge in [0.15, 0.2) is 6.29 Å². The first-order chi connectivity index (χ1) is 35.8. The summed E-state index contributed by atoms with van der Waals surface area (Å²) < 4.78 is 11.2. The van der Waals surface area contributed by atoms with E-state index in [1.54, 1.807) is 6.08 Å². The number of rotatable bonds is 50. The molecule has 0 spiro atoms. The Balaban J connectivity index is 2.09. The van der Waals surface area contributed by atoms with Crippen molar-refractivity contribution in [3.63, 3.8) is 0 Å². The topological polar surface area (TPSA) is 149 Å². The highest BCUT2D eigenvalue weighted by molar-refractivity contribution is 5.76. The van der Waals surface area contributed by atoms with Crippen LogP contribution in [-0.4, -0.2) is 87.5 Å².